The third-order valence-electron chi connectivity index (χ3n) is 3.98. The predicted molar refractivity (Wildman–Crippen MR) is 109 cm³/mol. The molecule has 1 N–H and O–H groups in total. The van der Waals surface area contributed by atoms with E-state index in [2.05, 4.69) is 10.3 Å². The van der Waals surface area contributed by atoms with Crippen LogP contribution in [0.2, 0.25) is 10.0 Å². The molecule has 28 heavy (non-hydrogen) atoms. The fourth-order valence-electron chi connectivity index (χ4n) is 2.54. The second kappa shape index (κ2) is 8.52. The molecule has 0 saturated carbocycles. The van der Waals surface area contributed by atoms with Crippen LogP contribution in [0.25, 0.3) is 0 Å². The molecule has 0 aliphatic carbocycles. The first-order chi connectivity index (χ1) is 13.2. The van der Waals surface area contributed by atoms with Crippen molar-refractivity contribution in [1.82, 2.24) is 13.6 Å². The number of fused-ring (bicyclic) bond motifs is 1. The molecule has 1 aromatic heterocycles. The molecule has 2 aromatic rings. The van der Waals surface area contributed by atoms with Gasteiger partial charge in [-0.15, -0.1) is 11.3 Å². The fourth-order valence-corrected chi connectivity index (χ4v) is 5.21. The van der Waals surface area contributed by atoms with E-state index >= 15 is 0 Å². The van der Waals surface area contributed by atoms with Gasteiger partial charge in [0.1, 0.15) is 5.75 Å². The van der Waals surface area contributed by atoms with Crippen LogP contribution in [0.15, 0.2) is 18.2 Å². The number of thiazole rings is 1. The third kappa shape index (κ3) is 4.76. The minimum absolute atomic E-state index is 0.236. The topological polar surface area (TPSA) is 91.8 Å². The molecule has 8 nitrogen and oxygen atoms in total. The molecule has 0 saturated heterocycles. The zero-order chi connectivity index (χ0) is 20.5. The monoisotopic (exact) mass is 464 g/mol. The number of ether oxygens (including phenoxy) is 1. The first kappa shape index (κ1) is 21.3. The number of carbonyl (C=O) groups is 1. The van der Waals surface area contributed by atoms with Crippen LogP contribution in [-0.2, 0) is 28.0 Å². The van der Waals surface area contributed by atoms with E-state index in [9.17, 15) is 13.2 Å². The van der Waals surface area contributed by atoms with Crippen LogP contribution in [-0.4, -0.2) is 55.2 Å². The molecule has 2 heterocycles. The number of halogens is 2. The van der Waals surface area contributed by atoms with Crippen molar-refractivity contribution in [3.05, 3.63) is 38.8 Å². The highest BCUT2D eigenvalue weighted by molar-refractivity contribution is 7.86. The van der Waals surface area contributed by atoms with E-state index < -0.39 is 16.1 Å². The Morgan fingerprint density at radius 3 is 2.82 bits per heavy atom. The fraction of sp³-hybridized carbons (Fsp3) is 0.375. The molecule has 0 unspecified atom stereocenters. The number of anilines is 1. The normalized spacial score (nSPS) is 14.8. The summed E-state index contributed by atoms with van der Waals surface area (Å²) in [6.07, 6.45) is 0.492. The zero-order valence-electron chi connectivity index (χ0n) is 15.1. The molecule has 0 fully saturated rings. The molecule has 152 valence electrons. The highest BCUT2D eigenvalue weighted by Crippen LogP contribution is 2.30. The molecule has 0 atom stereocenters. The van der Waals surface area contributed by atoms with Gasteiger partial charge in [-0.1, -0.05) is 23.2 Å². The molecule has 1 aliphatic heterocycles. The number of aromatic nitrogens is 1. The average Bonchev–Trinajstić information content (AvgIpc) is 3.02. The van der Waals surface area contributed by atoms with E-state index in [0.717, 1.165) is 10.6 Å². The van der Waals surface area contributed by atoms with Crippen LogP contribution >= 0.6 is 34.5 Å². The molecular weight excluding hydrogens is 447 g/mol. The largest absolute Gasteiger partial charge is 0.482 e. The lowest BCUT2D eigenvalue weighted by atomic mass is 10.2. The van der Waals surface area contributed by atoms with Crippen LogP contribution in [0, 0.1) is 0 Å². The van der Waals surface area contributed by atoms with Crippen molar-refractivity contribution >= 4 is 55.8 Å². The number of rotatable bonds is 6. The van der Waals surface area contributed by atoms with Gasteiger partial charge in [0.15, 0.2) is 11.7 Å². The highest BCUT2D eigenvalue weighted by Gasteiger charge is 2.30. The molecular formula is C16H18Cl2N4O4S2. The van der Waals surface area contributed by atoms with Crippen molar-refractivity contribution in [3.8, 4) is 5.75 Å². The zero-order valence-corrected chi connectivity index (χ0v) is 18.3. The number of nitrogens with one attached hydrogen (secondary N) is 1. The molecule has 1 aliphatic rings. The minimum atomic E-state index is -3.49. The van der Waals surface area contributed by atoms with Gasteiger partial charge < -0.3 is 4.74 Å². The minimum Gasteiger partial charge on any atom is -0.482 e. The van der Waals surface area contributed by atoms with Gasteiger partial charge in [-0.3, -0.25) is 10.1 Å². The summed E-state index contributed by atoms with van der Waals surface area (Å²) < 4.78 is 32.5. The Bertz CT molecular complexity index is 995. The average molecular weight is 465 g/mol. The van der Waals surface area contributed by atoms with Gasteiger partial charge in [0, 0.05) is 37.0 Å². The standard InChI is InChI=1S/C16H18Cl2N4O4S2/c1-21(2)28(24,25)22-6-5-12-14(8-22)27-16(19-12)20-15(23)9-26-13-4-3-10(17)7-11(13)18/h3-4,7H,5-6,8-9H2,1-2H3,(H,19,20,23). The Morgan fingerprint density at radius 1 is 1.39 bits per heavy atom. The van der Waals surface area contributed by atoms with Crippen molar-refractivity contribution in [1.29, 1.82) is 0 Å². The smallest absolute Gasteiger partial charge is 0.281 e. The highest BCUT2D eigenvalue weighted by atomic mass is 35.5. The van der Waals surface area contributed by atoms with E-state index in [1.807, 2.05) is 0 Å². The van der Waals surface area contributed by atoms with E-state index in [1.165, 1.54) is 40.1 Å². The maximum absolute atomic E-state index is 12.3. The number of nitrogens with zero attached hydrogens (tertiary/aromatic N) is 3. The first-order valence-corrected chi connectivity index (χ1v) is 11.2. The molecule has 0 radical (unpaired) electrons. The quantitative estimate of drug-likeness (QED) is 0.708. The van der Waals surface area contributed by atoms with Gasteiger partial charge in [-0.2, -0.15) is 17.0 Å². The van der Waals surface area contributed by atoms with Crippen molar-refractivity contribution in [2.75, 3.05) is 32.6 Å². The summed E-state index contributed by atoms with van der Waals surface area (Å²) in [6, 6.07) is 4.72. The van der Waals surface area contributed by atoms with E-state index in [0.29, 0.717) is 33.9 Å². The summed E-state index contributed by atoms with van der Waals surface area (Å²) in [5.41, 5.74) is 0.798. The molecule has 0 bridgehead atoms. The van der Waals surface area contributed by atoms with Crippen molar-refractivity contribution < 1.29 is 17.9 Å². The summed E-state index contributed by atoms with van der Waals surface area (Å²) in [5, 5.41) is 3.86. The molecule has 1 amide bonds. The number of amides is 1. The van der Waals surface area contributed by atoms with E-state index in [1.54, 1.807) is 12.1 Å². The van der Waals surface area contributed by atoms with Crippen molar-refractivity contribution in [2.45, 2.75) is 13.0 Å². The Labute approximate surface area is 177 Å². The summed E-state index contributed by atoms with van der Waals surface area (Å²) in [7, 11) is -0.494. The number of hydrogen-bond acceptors (Lipinski definition) is 6. The molecule has 1 aromatic carbocycles. The Kier molecular flexibility index (Phi) is 6.47. The molecule has 0 spiro atoms. The van der Waals surface area contributed by atoms with Crippen LogP contribution < -0.4 is 10.1 Å². The van der Waals surface area contributed by atoms with Gasteiger partial charge in [0.2, 0.25) is 0 Å². The van der Waals surface area contributed by atoms with Crippen LogP contribution in [0.3, 0.4) is 0 Å². The summed E-state index contributed by atoms with van der Waals surface area (Å²) >= 11 is 13.1. The van der Waals surface area contributed by atoms with Gasteiger partial charge in [-0.05, 0) is 18.2 Å². The van der Waals surface area contributed by atoms with E-state index in [-0.39, 0.29) is 13.2 Å². The third-order valence-corrected chi connectivity index (χ3v) is 7.40. The SMILES string of the molecule is CN(C)S(=O)(=O)N1CCc2nc(NC(=O)COc3ccc(Cl)cc3Cl)sc2C1. The second-order valence-electron chi connectivity index (χ2n) is 6.17. The van der Waals surface area contributed by atoms with Gasteiger partial charge in [-0.25, -0.2) is 4.98 Å². The van der Waals surface area contributed by atoms with Gasteiger partial charge >= 0.3 is 0 Å². The predicted octanol–water partition coefficient (Wildman–Crippen LogP) is 2.63. The number of carbonyl (C=O) groups excluding carboxylic acids is 1. The Balaban J connectivity index is 1.61. The summed E-state index contributed by atoms with van der Waals surface area (Å²) in [4.78, 5) is 17.3. The first-order valence-electron chi connectivity index (χ1n) is 8.20. The molecule has 3 rings (SSSR count). The summed E-state index contributed by atoms with van der Waals surface area (Å²) in [6.45, 7) is 0.343. The van der Waals surface area contributed by atoms with Crippen molar-refractivity contribution in [3.63, 3.8) is 0 Å². The maximum Gasteiger partial charge on any atom is 0.281 e. The number of benzene rings is 1. The lowest BCUT2D eigenvalue weighted by molar-refractivity contribution is -0.118. The molecule has 12 heteroatoms. The van der Waals surface area contributed by atoms with Gasteiger partial charge in [0.25, 0.3) is 16.1 Å². The maximum atomic E-state index is 12.3. The summed E-state index contributed by atoms with van der Waals surface area (Å²) in [5.74, 6) is -0.0425. The lowest BCUT2D eigenvalue weighted by Gasteiger charge is -2.27. The lowest BCUT2D eigenvalue weighted by Crippen LogP contribution is -2.42. The van der Waals surface area contributed by atoms with Crippen LogP contribution in [0.4, 0.5) is 5.13 Å². The number of hydrogen-bond donors (Lipinski definition) is 1. The van der Waals surface area contributed by atoms with E-state index in [4.69, 9.17) is 27.9 Å². The van der Waals surface area contributed by atoms with Crippen LogP contribution in [0.1, 0.15) is 10.6 Å². The second-order valence-corrected chi connectivity index (χ2v) is 10.2. The van der Waals surface area contributed by atoms with Gasteiger partial charge in [0.05, 0.1) is 17.3 Å². The Morgan fingerprint density at radius 2 is 2.14 bits per heavy atom. The van der Waals surface area contributed by atoms with Crippen LogP contribution in [0.5, 0.6) is 5.75 Å². The Hall–Kier alpha value is -1.43. The van der Waals surface area contributed by atoms with Crippen molar-refractivity contribution in [2.24, 2.45) is 0 Å².